The van der Waals surface area contributed by atoms with Crippen LogP contribution in [-0.2, 0) is 13.2 Å². The van der Waals surface area contributed by atoms with Gasteiger partial charge in [0, 0.05) is 12.3 Å². The molecule has 3 aromatic rings. The maximum atomic E-state index is 5.74. The van der Waals surface area contributed by atoms with Crippen molar-refractivity contribution in [2.24, 2.45) is 4.99 Å². The fourth-order valence-electron chi connectivity index (χ4n) is 2.49. The quantitative estimate of drug-likeness (QED) is 0.418. The maximum Gasteiger partial charge on any atom is 0.162 e. The van der Waals surface area contributed by atoms with Crippen LogP contribution in [-0.4, -0.2) is 35.4 Å². The Labute approximate surface area is 163 Å². The van der Waals surface area contributed by atoms with E-state index in [4.69, 9.17) is 14.2 Å². The van der Waals surface area contributed by atoms with Crippen molar-refractivity contribution in [1.82, 2.24) is 15.0 Å². The topological polar surface area (TPSA) is 70.8 Å². The van der Waals surface area contributed by atoms with Gasteiger partial charge in [0.1, 0.15) is 18.1 Å². The molecule has 0 N–H and O–H groups in total. The van der Waals surface area contributed by atoms with E-state index < -0.39 is 0 Å². The van der Waals surface area contributed by atoms with Gasteiger partial charge in [-0.15, -0.1) is 11.7 Å². The summed E-state index contributed by atoms with van der Waals surface area (Å²) in [5, 5.41) is 8.05. The van der Waals surface area contributed by atoms with Crippen molar-refractivity contribution in [2.75, 3.05) is 14.2 Å². The number of methoxy groups -OCH3 is 2. The van der Waals surface area contributed by atoms with Crippen LogP contribution in [0.3, 0.4) is 0 Å². The summed E-state index contributed by atoms with van der Waals surface area (Å²) in [4.78, 5) is 4.47. The number of aromatic nitrogens is 3. The van der Waals surface area contributed by atoms with Gasteiger partial charge in [-0.3, -0.25) is 4.99 Å². The lowest BCUT2D eigenvalue weighted by Crippen LogP contribution is -1.96. The van der Waals surface area contributed by atoms with Crippen molar-refractivity contribution < 1.29 is 14.2 Å². The molecule has 0 aliphatic carbocycles. The van der Waals surface area contributed by atoms with Gasteiger partial charge >= 0.3 is 0 Å². The SMILES string of the molecule is C=CCn1cc(COc2ccc(C=Nc3ccc(OC)c(OC)c3)cc2)nn1. The number of hydrogen-bond donors (Lipinski definition) is 0. The molecule has 7 nitrogen and oxygen atoms in total. The Bertz CT molecular complexity index is 949. The molecule has 0 fully saturated rings. The summed E-state index contributed by atoms with van der Waals surface area (Å²) in [5.41, 5.74) is 2.50. The molecule has 2 aromatic carbocycles. The molecule has 0 radical (unpaired) electrons. The van der Waals surface area contributed by atoms with E-state index in [0.717, 1.165) is 22.7 Å². The van der Waals surface area contributed by atoms with Crippen molar-refractivity contribution in [1.29, 1.82) is 0 Å². The molecule has 7 heteroatoms. The molecule has 1 heterocycles. The van der Waals surface area contributed by atoms with Gasteiger partial charge in [-0.2, -0.15) is 0 Å². The second kappa shape index (κ2) is 9.36. The molecule has 0 amide bonds. The predicted octanol–water partition coefficient (Wildman–Crippen LogP) is 3.81. The number of rotatable bonds is 9. The molecule has 3 rings (SSSR count). The minimum atomic E-state index is 0.357. The number of hydrogen-bond acceptors (Lipinski definition) is 6. The molecular weight excluding hydrogens is 356 g/mol. The van der Waals surface area contributed by atoms with Crippen LogP contribution >= 0.6 is 0 Å². The van der Waals surface area contributed by atoms with E-state index >= 15 is 0 Å². The van der Waals surface area contributed by atoms with Gasteiger partial charge in [0.25, 0.3) is 0 Å². The summed E-state index contributed by atoms with van der Waals surface area (Å²) < 4.78 is 18.0. The fourth-order valence-corrected chi connectivity index (χ4v) is 2.49. The number of allylic oxidation sites excluding steroid dienone is 1. The molecule has 0 spiro atoms. The number of nitrogens with zero attached hydrogens (tertiary/aromatic N) is 4. The second-order valence-corrected chi connectivity index (χ2v) is 5.88. The van der Waals surface area contributed by atoms with Crippen molar-refractivity contribution in [3.05, 3.63) is 72.6 Å². The monoisotopic (exact) mass is 378 g/mol. The molecule has 1 aromatic heterocycles. The van der Waals surface area contributed by atoms with Gasteiger partial charge in [0.05, 0.1) is 32.6 Å². The highest BCUT2D eigenvalue weighted by Crippen LogP contribution is 2.30. The highest BCUT2D eigenvalue weighted by molar-refractivity contribution is 5.82. The van der Waals surface area contributed by atoms with E-state index in [1.165, 1.54) is 0 Å². The predicted molar refractivity (Wildman–Crippen MR) is 108 cm³/mol. The van der Waals surface area contributed by atoms with E-state index in [9.17, 15) is 0 Å². The van der Waals surface area contributed by atoms with Crippen LogP contribution in [0.1, 0.15) is 11.3 Å². The van der Waals surface area contributed by atoms with E-state index in [1.807, 2.05) is 48.7 Å². The lowest BCUT2D eigenvalue weighted by Gasteiger charge is -2.07. The van der Waals surface area contributed by atoms with Crippen LogP contribution in [0.5, 0.6) is 17.2 Å². The Morgan fingerprint density at radius 1 is 1.07 bits per heavy atom. The van der Waals surface area contributed by atoms with Crippen LogP contribution in [0.2, 0.25) is 0 Å². The summed E-state index contributed by atoms with van der Waals surface area (Å²) in [6.45, 7) is 4.66. The van der Waals surface area contributed by atoms with E-state index in [0.29, 0.717) is 24.7 Å². The highest BCUT2D eigenvalue weighted by Gasteiger charge is 2.04. The first-order chi connectivity index (χ1) is 13.7. The normalized spacial score (nSPS) is 10.8. The molecule has 0 aliphatic heterocycles. The lowest BCUT2D eigenvalue weighted by atomic mass is 10.2. The minimum absolute atomic E-state index is 0.357. The zero-order chi connectivity index (χ0) is 19.8. The van der Waals surface area contributed by atoms with Gasteiger partial charge in [-0.25, -0.2) is 4.68 Å². The average Bonchev–Trinajstić information content (AvgIpc) is 3.19. The van der Waals surface area contributed by atoms with Gasteiger partial charge in [0.15, 0.2) is 11.5 Å². The smallest absolute Gasteiger partial charge is 0.162 e. The standard InChI is InChI=1S/C21H22N4O3/c1-4-11-25-14-18(23-24-25)15-28-19-8-5-16(6-9-19)13-22-17-7-10-20(26-2)21(12-17)27-3/h4-10,12-14H,1,11,15H2,2-3H3. The average molecular weight is 378 g/mol. The molecular formula is C21H22N4O3. The third-order valence-corrected chi connectivity index (χ3v) is 3.90. The molecule has 0 saturated carbocycles. The molecule has 0 saturated heterocycles. The maximum absolute atomic E-state index is 5.74. The number of aliphatic imine (C=N–C) groups is 1. The van der Waals surface area contributed by atoms with Crippen LogP contribution < -0.4 is 14.2 Å². The van der Waals surface area contributed by atoms with Crippen molar-refractivity contribution >= 4 is 11.9 Å². The molecule has 0 atom stereocenters. The third-order valence-electron chi connectivity index (χ3n) is 3.90. The highest BCUT2D eigenvalue weighted by atomic mass is 16.5. The first-order valence-corrected chi connectivity index (χ1v) is 8.70. The van der Waals surface area contributed by atoms with Crippen LogP contribution in [0.15, 0.2) is 66.3 Å². The van der Waals surface area contributed by atoms with Gasteiger partial charge in [-0.05, 0) is 42.0 Å². The Morgan fingerprint density at radius 3 is 2.57 bits per heavy atom. The summed E-state index contributed by atoms with van der Waals surface area (Å²) in [7, 11) is 3.21. The Hall–Kier alpha value is -3.61. The molecule has 28 heavy (non-hydrogen) atoms. The minimum Gasteiger partial charge on any atom is -0.493 e. The first-order valence-electron chi connectivity index (χ1n) is 8.70. The van der Waals surface area contributed by atoms with Crippen LogP contribution in [0.4, 0.5) is 5.69 Å². The molecule has 0 aliphatic rings. The van der Waals surface area contributed by atoms with Crippen LogP contribution in [0.25, 0.3) is 0 Å². The van der Waals surface area contributed by atoms with Crippen molar-refractivity contribution in [3.63, 3.8) is 0 Å². The summed E-state index contributed by atoms with van der Waals surface area (Å²) in [6.07, 6.45) is 5.39. The van der Waals surface area contributed by atoms with Crippen molar-refractivity contribution in [2.45, 2.75) is 13.2 Å². The fraction of sp³-hybridized carbons (Fsp3) is 0.190. The third kappa shape index (κ3) is 4.97. The summed E-state index contributed by atoms with van der Waals surface area (Å²) >= 11 is 0. The summed E-state index contributed by atoms with van der Waals surface area (Å²) in [5.74, 6) is 2.07. The van der Waals surface area contributed by atoms with Crippen LogP contribution in [0, 0.1) is 0 Å². The summed E-state index contributed by atoms with van der Waals surface area (Å²) in [6, 6.07) is 13.2. The van der Waals surface area contributed by atoms with E-state index in [-0.39, 0.29) is 0 Å². The number of ether oxygens (including phenoxy) is 3. The lowest BCUT2D eigenvalue weighted by molar-refractivity contribution is 0.301. The first kappa shape index (κ1) is 19.2. The van der Waals surface area contributed by atoms with E-state index in [2.05, 4.69) is 21.9 Å². The van der Waals surface area contributed by atoms with Gasteiger partial charge in [0.2, 0.25) is 0 Å². The van der Waals surface area contributed by atoms with Crippen molar-refractivity contribution in [3.8, 4) is 17.2 Å². The van der Waals surface area contributed by atoms with Gasteiger partial charge in [-0.1, -0.05) is 11.3 Å². The van der Waals surface area contributed by atoms with E-state index in [1.54, 1.807) is 31.2 Å². The zero-order valence-corrected chi connectivity index (χ0v) is 15.9. The molecule has 0 unspecified atom stereocenters. The molecule has 0 bridgehead atoms. The second-order valence-electron chi connectivity index (χ2n) is 5.88. The Kier molecular flexibility index (Phi) is 6.41. The van der Waals surface area contributed by atoms with Gasteiger partial charge < -0.3 is 14.2 Å². The zero-order valence-electron chi connectivity index (χ0n) is 15.9. The molecule has 144 valence electrons. The largest absolute Gasteiger partial charge is 0.493 e. The Balaban J connectivity index is 1.59. The number of benzene rings is 2. The Morgan fingerprint density at radius 2 is 1.86 bits per heavy atom.